The molecule has 3 aromatic rings. The molecule has 0 unspecified atom stereocenters. The van der Waals surface area contributed by atoms with Crippen LogP contribution in [0.1, 0.15) is 27.2 Å². The van der Waals surface area contributed by atoms with Crippen molar-refractivity contribution in [2.24, 2.45) is 0 Å². The summed E-state index contributed by atoms with van der Waals surface area (Å²) in [7, 11) is 1.64. The number of benzene rings is 2. The molecule has 0 fully saturated rings. The number of carbonyl (C=O) groups is 1. The van der Waals surface area contributed by atoms with Gasteiger partial charge in [-0.05, 0) is 43.2 Å². The summed E-state index contributed by atoms with van der Waals surface area (Å²) in [5.74, 6) is 1.13. The van der Waals surface area contributed by atoms with E-state index < -0.39 is 0 Å². The van der Waals surface area contributed by atoms with Crippen LogP contribution in [-0.2, 0) is 6.54 Å². The Hall–Kier alpha value is -3.41. The van der Waals surface area contributed by atoms with Gasteiger partial charge in [-0.1, -0.05) is 29.8 Å². The molecule has 3 rings (SSSR count). The number of anilines is 2. The second-order valence-electron chi connectivity index (χ2n) is 6.26. The average Bonchev–Trinajstić information content (AvgIpc) is 2.69. The molecule has 0 saturated heterocycles. The monoisotopic (exact) mass is 362 g/mol. The predicted molar refractivity (Wildman–Crippen MR) is 106 cm³/mol. The maximum Gasteiger partial charge on any atom is 0.274 e. The third kappa shape index (κ3) is 4.82. The Kier molecular flexibility index (Phi) is 5.66. The number of rotatable bonds is 6. The molecule has 27 heavy (non-hydrogen) atoms. The van der Waals surface area contributed by atoms with E-state index in [9.17, 15) is 4.79 Å². The number of ether oxygens (including phenoxy) is 1. The van der Waals surface area contributed by atoms with E-state index >= 15 is 0 Å². The third-order valence-electron chi connectivity index (χ3n) is 4.16. The number of carbonyl (C=O) groups excluding carboxylic acids is 1. The zero-order chi connectivity index (χ0) is 19.2. The second-order valence-corrected chi connectivity index (χ2v) is 6.26. The molecule has 6 heteroatoms. The normalized spacial score (nSPS) is 10.3. The number of nitrogens with zero attached hydrogens (tertiary/aromatic N) is 2. The van der Waals surface area contributed by atoms with Crippen molar-refractivity contribution in [1.29, 1.82) is 0 Å². The maximum absolute atomic E-state index is 12.5. The first kappa shape index (κ1) is 18.4. The molecule has 0 aliphatic heterocycles. The molecule has 0 atom stereocenters. The van der Waals surface area contributed by atoms with E-state index in [0.29, 0.717) is 18.1 Å². The summed E-state index contributed by atoms with van der Waals surface area (Å²) in [5.41, 5.74) is 4.32. The van der Waals surface area contributed by atoms with E-state index in [-0.39, 0.29) is 5.91 Å². The van der Waals surface area contributed by atoms with E-state index in [1.54, 1.807) is 13.2 Å². The molecule has 0 bridgehead atoms. The zero-order valence-corrected chi connectivity index (χ0v) is 15.6. The van der Waals surface area contributed by atoms with Crippen LogP contribution < -0.4 is 15.4 Å². The van der Waals surface area contributed by atoms with Crippen LogP contribution in [0, 0.1) is 13.8 Å². The number of aromatic nitrogens is 2. The Morgan fingerprint density at radius 2 is 1.81 bits per heavy atom. The molecule has 1 amide bonds. The van der Waals surface area contributed by atoms with Crippen molar-refractivity contribution in [2.75, 3.05) is 17.7 Å². The minimum atomic E-state index is -0.267. The van der Waals surface area contributed by atoms with Crippen LogP contribution in [0.5, 0.6) is 5.75 Å². The number of nitrogens with one attached hydrogen (secondary N) is 2. The maximum atomic E-state index is 12.5. The van der Waals surface area contributed by atoms with Crippen molar-refractivity contribution in [2.45, 2.75) is 20.4 Å². The Balaban J connectivity index is 1.66. The van der Waals surface area contributed by atoms with Gasteiger partial charge in [0.05, 0.1) is 7.11 Å². The lowest BCUT2D eigenvalue weighted by molar-refractivity contribution is 0.102. The third-order valence-corrected chi connectivity index (χ3v) is 4.16. The first-order chi connectivity index (χ1) is 13.0. The van der Waals surface area contributed by atoms with Gasteiger partial charge in [-0.3, -0.25) is 4.79 Å². The summed E-state index contributed by atoms with van der Waals surface area (Å²) >= 11 is 0. The summed E-state index contributed by atoms with van der Waals surface area (Å²) in [6.45, 7) is 4.56. The highest BCUT2D eigenvalue weighted by Gasteiger charge is 2.10. The first-order valence-electron chi connectivity index (χ1n) is 8.62. The molecule has 0 spiro atoms. The Bertz CT molecular complexity index is 939. The lowest BCUT2D eigenvalue weighted by Gasteiger charge is -2.10. The topological polar surface area (TPSA) is 76.1 Å². The molecule has 138 valence electrons. The van der Waals surface area contributed by atoms with Crippen LogP contribution in [0.25, 0.3) is 0 Å². The van der Waals surface area contributed by atoms with E-state index in [1.807, 2.05) is 56.3 Å². The molecule has 6 nitrogen and oxygen atoms in total. The van der Waals surface area contributed by atoms with Gasteiger partial charge in [-0.15, -0.1) is 0 Å². The Morgan fingerprint density at radius 1 is 1.04 bits per heavy atom. The molecule has 2 aromatic carbocycles. The second kappa shape index (κ2) is 8.31. The van der Waals surface area contributed by atoms with E-state index in [0.717, 1.165) is 28.1 Å². The number of hydrogen-bond acceptors (Lipinski definition) is 5. The summed E-state index contributed by atoms with van der Waals surface area (Å²) in [6.07, 6.45) is 1.38. The van der Waals surface area contributed by atoms with E-state index in [2.05, 4.69) is 20.6 Å². The Morgan fingerprint density at radius 3 is 2.52 bits per heavy atom. The average molecular weight is 362 g/mol. The highest BCUT2D eigenvalue weighted by Crippen LogP contribution is 2.17. The minimum absolute atomic E-state index is 0.267. The zero-order valence-electron chi connectivity index (χ0n) is 15.6. The van der Waals surface area contributed by atoms with Gasteiger partial charge in [-0.25, -0.2) is 9.97 Å². The summed E-state index contributed by atoms with van der Waals surface area (Å²) in [4.78, 5) is 20.8. The molecule has 1 aromatic heterocycles. The van der Waals surface area contributed by atoms with Crippen molar-refractivity contribution in [3.8, 4) is 5.75 Å². The van der Waals surface area contributed by atoms with Gasteiger partial charge in [0.15, 0.2) is 0 Å². The van der Waals surface area contributed by atoms with Gasteiger partial charge >= 0.3 is 0 Å². The highest BCUT2D eigenvalue weighted by molar-refractivity contribution is 6.03. The van der Waals surface area contributed by atoms with Crippen LogP contribution in [-0.4, -0.2) is 23.0 Å². The number of aryl methyl sites for hydroxylation is 2. The van der Waals surface area contributed by atoms with Crippen LogP contribution in [0.3, 0.4) is 0 Å². The number of methoxy groups -OCH3 is 1. The fraction of sp³-hybridized carbons (Fsp3) is 0.190. The van der Waals surface area contributed by atoms with Crippen molar-refractivity contribution in [3.63, 3.8) is 0 Å². The smallest absolute Gasteiger partial charge is 0.274 e. The van der Waals surface area contributed by atoms with E-state index in [1.165, 1.54) is 6.33 Å². The van der Waals surface area contributed by atoms with Crippen LogP contribution in [0.4, 0.5) is 11.5 Å². The van der Waals surface area contributed by atoms with E-state index in [4.69, 9.17) is 4.74 Å². The van der Waals surface area contributed by atoms with Crippen LogP contribution >= 0.6 is 0 Å². The summed E-state index contributed by atoms with van der Waals surface area (Å²) in [6, 6.07) is 15.3. The highest BCUT2D eigenvalue weighted by atomic mass is 16.5. The van der Waals surface area contributed by atoms with Gasteiger partial charge in [0, 0.05) is 18.3 Å². The molecule has 0 aliphatic carbocycles. The van der Waals surface area contributed by atoms with Crippen LogP contribution in [0.2, 0.25) is 0 Å². The quantitative estimate of drug-likeness (QED) is 0.694. The first-order valence-corrected chi connectivity index (χ1v) is 8.62. The summed E-state index contributed by atoms with van der Waals surface area (Å²) < 4.78 is 5.15. The lowest BCUT2D eigenvalue weighted by atomic mass is 10.1. The van der Waals surface area contributed by atoms with Gasteiger partial charge < -0.3 is 15.4 Å². The largest absolute Gasteiger partial charge is 0.497 e. The predicted octanol–water partition coefficient (Wildman–Crippen LogP) is 3.97. The standard InChI is InChI=1S/C21H22N4O2/c1-14-4-9-18(15(2)10-14)25-21(26)19-11-20(24-13-23-19)22-12-16-5-7-17(27-3)8-6-16/h4-11,13H,12H2,1-3H3,(H,25,26)(H,22,23,24). The van der Waals surface area contributed by atoms with Crippen molar-refractivity contribution in [3.05, 3.63) is 77.2 Å². The molecule has 0 radical (unpaired) electrons. The fourth-order valence-corrected chi connectivity index (χ4v) is 2.65. The molecule has 0 saturated carbocycles. The SMILES string of the molecule is COc1ccc(CNc2cc(C(=O)Nc3ccc(C)cc3C)ncn2)cc1. The van der Waals surface area contributed by atoms with Gasteiger partial charge in [0.2, 0.25) is 0 Å². The fourth-order valence-electron chi connectivity index (χ4n) is 2.65. The molecular weight excluding hydrogens is 340 g/mol. The van der Waals surface area contributed by atoms with Gasteiger partial charge in [-0.2, -0.15) is 0 Å². The summed E-state index contributed by atoms with van der Waals surface area (Å²) in [5, 5.41) is 6.10. The van der Waals surface area contributed by atoms with Crippen molar-refractivity contribution >= 4 is 17.4 Å². The molecule has 2 N–H and O–H groups in total. The molecule has 1 heterocycles. The minimum Gasteiger partial charge on any atom is -0.497 e. The van der Waals surface area contributed by atoms with Crippen LogP contribution in [0.15, 0.2) is 54.9 Å². The lowest BCUT2D eigenvalue weighted by Crippen LogP contribution is -2.15. The van der Waals surface area contributed by atoms with Crippen molar-refractivity contribution < 1.29 is 9.53 Å². The number of hydrogen-bond donors (Lipinski definition) is 2. The Labute approximate surface area is 158 Å². The van der Waals surface area contributed by atoms with Gasteiger partial charge in [0.1, 0.15) is 23.6 Å². The van der Waals surface area contributed by atoms with Gasteiger partial charge in [0.25, 0.3) is 5.91 Å². The van der Waals surface area contributed by atoms with Crippen molar-refractivity contribution in [1.82, 2.24) is 9.97 Å². The number of amides is 1. The molecular formula is C21H22N4O2. The molecule has 0 aliphatic rings.